The van der Waals surface area contributed by atoms with E-state index in [4.69, 9.17) is 18.9 Å². The monoisotopic (exact) mass is 494 g/mol. The summed E-state index contributed by atoms with van der Waals surface area (Å²) in [6.07, 6.45) is -12.0. The highest BCUT2D eigenvalue weighted by atomic mass is 16.7. The fourth-order valence-corrected chi connectivity index (χ4v) is 6.03. The van der Waals surface area contributed by atoms with Crippen molar-refractivity contribution in [2.45, 2.75) is 112 Å². The molecule has 0 bridgehead atoms. The molecule has 0 aromatic heterocycles. The summed E-state index contributed by atoms with van der Waals surface area (Å²) in [7, 11) is 1.44. The van der Waals surface area contributed by atoms with E-state index < -0.39 is 86.1 Å². The van der Waals surface area contributed by atoms with Crippen LogP contribution in [0.3, 0.4) is 0 Å². The maximum atomic E-state index is 10.6. The second kappa shape index (κ2) is 10.9. The minimum Gasteiger partial charge on any atom is -0.394 e. The lowest BCUT2D eigenvalue weighted by Crippen LogP contribution is -2.62. The van der Waals surface area contributed by atoms with Gasteiger partial charge in [-0.3, -0.25) is 0 Å². The van der Waals surface area contributed by atoms with Gasteiger partial charge in [-0.1, -0.05) is 0 Å². The number of fused-ring (bicyclic) bond motifs is 1. The number of ether oxygens (including phenoxy) is 4. The first-order valence-corrected chi connectivity index (χ1v) is 12.0. The lowest BCUT2D eigenvalue weighted by Gasteiger charge is -2.51. The Morgan fingerprint density at radius 2 is 1.47 bits per heavy atom. The molecule has 4 rings (SSSR count). The Morgan fingerprint density at radius 1 is 0.735 bits per heavy atom. The number of hydrogen-bond acceptors (Lipinski definition) is 12. The Hall–Kier alpha value is -0.480. The molecule has 2 saturated heterocycles. The summed E-state index contributed by atoms with van der Waals surface area (Å²) in [5.41, 5.74) is 0. The highest BCUT2D eigenvalue weighted by molar-refractivity contribution is 5.00. The molecule has 0 aromatic rings. The third kappa shape index (κ3) is 5.15. The molecular formula is C22H38O12. The van der Waals surface area contributed by atoms with E-state index in [0.29, 0.717) is 19.3 Å². The Kier molecular flexibility index (Phi) is 8.50. The normalized spacial score (nSPS) is 54.4. The maximum absolute atomic E-state index is 10.6. The van der Waals surface area contributed by atoms with E-state index in [1.165, 1.54) is 7.11 Å². The molecular weight excluding hydrogens is 456 g/mol. The van der Waals surface area contributed by atoms with Gasteiger partial charge in [0, 0.05) is 13.0 Å². The topological polar surface area (TPSA) is 199 Å². The average molecular weight is 495 g/mol. The van der Waals surface area contributed by atoms with Crippen LogP contribution in [0.25, 0.3) is 0 Å². The smallest absolute Gasteiger partial charge is 0.187 e. The highest BCUT2D eigenvalue weighted by Gasteiger charge is 2.52. The minimum atomic E-state index is -1.61. The molecule has 12 nitrogen and oxygen atoms in total. The highest BCUT2D eigenvalue weighted by Crippen LogP contribution is 2.43. The van der Waals surface area contributed by atoms with Crippen LogP contribution in [0.4, 0.5) is 0 Å². The molecule has 15 atom stereocenters. The van der Waals surface area contributed by atoms with Crippen LogP contribution in [0.15, 0.2) is 0 Å². The zero-order valence-electron chi connectivity index (χ0n) is 19.1. The number of methoxy groups -OCH3 is 1. The van der Waals surface area contributed by atoms with Gasteiger partial charge < -0.3 is 59.8 Å². The molecule has 198 valence electrons. The molecule has 2 saturated carbocycles. The molecule has 2 heterocycles. The van der Waals surface area contributed by atoms with E-state index in [1.54, 1.807) is 0 Å². The van der Waals surface area contributed by atoms with Crippen molar-refractivity contribution in [1.82, 2.24) is 0 Å². The first kappa shape index (κ1) is 26.6. The van der Waals surface area contributed by atoms with E-state index in [2.05, 4.69) is 0 Å². The van der Waals surface area contributed by atoms with Gasteiger partial charge in [0.05, 0.1) is 49.3 Å². The summed E-state index contributed by atoms with van der Waals surface area (Å²) in [5, 5.41) is 81.6. The Bertz CT molecular complexity index is 666. The van der Waals surface area contributed by atoms with Gasteiger partial charge in [0.25, 0.3) is 0 Å². The van der Waals surface area contributed by atoms with Crippen molar-refractivity contribution < 1.29 is 59.8 Å². The second-order valence-electron chi connectivity index (χ2n) is 10.2. The Morgan fingerprint density at radius 3 is 2.15 bits per heavy atom. The minimum absolute atomic E-state index is 0.196. The molecule has 0 spiro atoms. The van der Waals surface area contributed by atoms with Gasteiger partial charge in [0.15, 0.2) is 6.29 Å². The van der Waals surface area contributed by atoms with E-state index in [1.807, 2.05) is 0 Å². The lowest BCUT2D eigenvalue weighted by atomic mass is 9.72. The fourth-order valence-electron chi connectivity index (χ4n) is 6.03. The van der Waals surface area contributed by atoms with Gasteiger partial charge in [0.2, 0.25) is 0 Å². The van der Waals surface area contributed by atoms with E-state index >= 15 is 0 Å². The zero-order valence-corrected chi connectivity index (χ0v) is 19.1. The van der Waals surface area contributed by atoms with Gasteiger partial charge >= 0.3 is 0 Å². The molecule has 0 amide bonds. The molecule has 0 aromatic carbocycles. The fraction of sp³-hybridized carbons (Fsp3) is 1.00. The average Bonchev–Trinajstić information content (AvgIpc) is 2.81. The molecule has 8 N–H and O–H groups in total. The quantitative estimate of drug-likeness (QED) is 0.189. The van der Waals surface area contributed by atoms with Crippen LogP contribution in [0.2, 0.25) is 0 Å². The summed E-state index contributed by atoms with van der Waals surface area (Å²) in [6.45, 7) is -0.598. The third-order valence-electron chi connectivity index (χ3n) is 7.97. The van der Waals surface area contributed by atoms with Crippen molar-refractivity contribution in [2.75, 3.05) is 13.7 Å². The van der Waals surface area contributed by atoms with Gasteiger partial charge in [-0.25, -0.2) is 0 Å². The molecule has 10 unspecified atom stereocenters. The molecule has 12 heteroatoms. The lowest BCUT2D eigenvalue weighted by molar-refractivity contribution is -0.334. The summed E-state index contributed by atoms with van der Waals surface area (Å²) in [4.78, 5) is 0. The predicted octanol–water partition coefficient (Wildman–Crippen LogP) is -3.39. The van der Waals surface area contributed by atoms with Crippen LogP contribution in [0.1, 0.15) is 32.1 Å². The van der Waals surface area contributed by atoms with Crippen molar-refractivity contribution in [1.29, 1.82) is 0 Å². The van der Waals surface area contributed by atoms with Crippen LogP contribution in [0, 0.1) is 11.8 Å². The van der Waals surface area contributed by atoms with Crippen molar-refractivity contribution in [3.05, 3.63) is 0 Å². The number of hydrogen-bond donors (Lipinski definition) is 8. The van der Waals surface area contributed by atoms with Crippen molar-refractivity contribution >= 4 is 0 Å². The molecule has 0 radical (unpaired) electrons. The van der Waals surface area contributed by atoms with Crippen LogP contribution in [-0.4, -0.2) is 134 Å². The summed E-state index contributed by atoms with van der Waals surface area (Å²) in [6, 6.07) is 0. The number of aliphatic hydroxyl groups excluding tert-OH is 8. The Balaban J connectivity index is 1.57. The summed E-state index contributed by atoms with van der Waals surface area (Å²) in [5.74, 6) is -0.678. The zero-order chi connectivity index (χ0) is 24.7. The van der Waals surface area contributed by atoms with Crippen LogP contribution in [-0.2, 0) is 18.9 Å². The molecule has 4 aliphatic rings. The summed E-state index contributed by atoms with van der Waals surface area (Å²) >= 11 is 0. The van der Waals surface area contributed by atoms with Crippen LogP contribution in [0.5, 0.6) is 0 Å². The van der Waals surface area contributed by atoms with Gasteiger partial charge in [0.1, 0.15) is 30.5 Å². The summed E-state index contributed by atoms with van der Waals surface area (Å²) < 4.78 is 23.3. The van der Waals surface area contributed by atoms with E-state index in [-0.39, 0.29) is 24.7 Å². The van der Waals surface area contributed by atoms with Gasteiger partial charge in [-0.05, 0) is 38.0 Å². The van der Waals surface area contributed by atoms with Gasteiger partial charge in [-0.15, -0.1) is 0 Å². The standard InChI is InChI=1S/C22H38O12/c1-31-14-3-8(2-12(26)17(14)27)21-15(6-10-11(25)4-9(24)5-13(10)32-21)33-22-20(30)19(29)18(28)16(7-23)34-22/h8-30H,2-7H2,1H3/t8?,9?,10?,11?,12?,13?,14?,15?,16-,17?,18-,19+,20-,21?,22+/m1/s1. The first-order valence-electron chi connectivity index (χ1n) is 12.0. The number of rotatable bonds is 5. The maximum Gasteiger partial charge on any atom is 0.187 e. The van der Waals surface area contributed by atoms with Crippen LogP contribution >= 0.6 is 0 Å². The molecule has 2 aliphatic heterocycles. The first-order chi connectivity index (χ1) is 16.1. The van der Waals surface area contributed by atoms with Crippen molar-refractivity contribution in [2.24, 2.45) is 11.8 Å². The third-order valence-corrected chi connectivity index (χ3v) is 7.97. The SMILES string of the molecule is COC1CC(C2OC3CC(O)CC(O)C3CC2O[C@H]2O[C@H](CO)[C@@H](O)[C@H](O)[C@H]2O)CC(O)C1O. The molecule has 2 aliphatic carbocycles. The second-order valence-corrected chi connectivity index (χ2v) is 10.2. The van der Waals surface area contributed by atoms with Gasteiger partial charge in [-0.2, -0.15) is 0 Å². The van der Waals surface area contributed by atoms with E-state index in [0.717, 1.165) is 0 Å². The Labute approximate surface area is 197 Å². The number of aliphatic hydroxyl groups is 8. The molecule has 4 fully saturated rings. The van der Waals surface area contributed by atoms with Crippen molar-refractivity contribution in [3.63, 3.8) is 0 Å². The van der Waals surface area contributed by atoms with Crippen LogP contribution < -0.4 is 0 Å². The predicted molar refractivity (Wildman–Crippen MR) is 112 cm³/mol. The molecule has 34 heavy (non-hydrogen) atoms. The van der Waals surface area contributed by atoms with Crippen molar-refractivity contribution in [3.8, 4) is 0 Å². The largest absolute Gasteiger partial charge is 0.394 e. The van der Waals surface area contributed by atoms with E-state index in [9.17, 15) is 40.9 Å².